The summed E-state index contributed by atoms with van der Waals surface area (Å²) in [4.78, 5) is 13.1. The zero-order chi connectivity index (χ0) is 14.8. The predicted octanol–water partition coefficient (Wildman–Crippen LogP) is 3.21. The summed E-state index contributed by atoms with van der Waals surface area (Å²) in [6, 6.07) is 6.29. The molecule has 0 aromatic carbocycles. The molecule has 112 valence electrons. The van der Waals surface area contributed by atoms with E-state index in [0.29, 0.717) is 0 Å². The normalized spacial score (nSPS) is 17.6. The Labute approximate surface area is 130 Å². The third-order valence-corrected chi connectivity index (χ3v) is 5.13. The summed E-state index contributed by atoms with van der Waals surface area (Å²) in [7, 11) is 0. The topological polar surface area (TPSA) is 55.0 Å². The van der Waals surface area contributed by atoms with Gasteiger partial charge < -0.3 is 10.6 Å². The monoisotopic (exact) mass is 302 g/mol. The summed E-state index contributed by atoms with van der Waals surface area (Å²) < 4.78 is 0. The molecule has 0 spiro atoms. The summed E-state index contributed by atoms with van der Waals surface area (Å²) in [5.74, 6) is 0. The molecule has 1 aliphatic rings. The van der Waals surface area contributed by atoms with Crippen LogP contribution in [0.1, 0.15) is 47.8 Å². The van der Waals surface area contributed by atoms with Crippen molar-refractivity contribution in [3.05, 3.63) is 40.2 Å². The zero-order valence-electron chi connectivity index (χ0n) is 12.7. The summed E-state index contributed by atoms with van der Waals surface area (Å²) in [5, 5.41) is 1.09. The van der Waals surface area contributed by atoms with Gasteiger partial charge in [0.15, 0.2) is 5.13 Å². The van der Waals surface area contributed by atoms with Crippen molar-refractivity contribution in [3.63, 3.8) is 0 Å². The molecule has 2 N–H and O–H groups in total. The SMILES string of the molecule is CCN(Cc1cccc(C)n1)c1nc2c(s1)CCCC2N. The van der Waals surface area contributed by atoms with Gasteiger partial charge in [0, 0.05) is 23.2 Å². The fourth-order valence-electron chi connectivity index (χ4n) is 2.77. The van der Waals surface area contributed by atoms with Gasteiger partial charge in [-0.05, 0) is 45.2 Å². The lowest BCUT2D eigenvalue weighted by atomic mass is 9.99. The molecule has 0 amide bonds. The van der Waals surface area contributed by atoms with E-state index in [2.05, 4.69) is 28.9 Å². The maximum atomic E-state index is 6.19. The molecule has 0 saturated carbocycles. The number of nitrogens with two attached hydrogens (primary N) is 1. The highest BCUT2D eigenvalue weighted by atomic mass is 32.1. The standard InChI is InChI=1S/C16H22N4S/c1-3-20(10-12-7-4-6-11(2)18-12)16-19-15-13(17)8-5-9-14(15)21-16/h4,6-7,13H,3,5,8-10,17H2,1-2H3. The quantitative estimate of drug-likeness (QED) is 0.942. The van der Waals surface area contributed by atoms with Crippen LogP contribution in [-0.2, 0) is 13.0 Å². The molecule has 0 saturated heterocycles. The van der Waals surface area contributed by atoms with Crippen LogP contribution in [-0.4, -0.2) is 16.5 Å². The van der Waals surface area contributed by atoms with E-state index in [4.69, 9.17) is 10.7 Å². The molecule has 21 heavy (non-hydrogen) atoms. The van der Waals surface area contributed by atoms with Crippen LogP contribution >= 0.6 is 11.3 Å². The summed E-state index contributed by atoms with van der Waals surface area (Å²) >= 11 is 1.80. The van der Waals surface area contributed by atoms with Gasteiger partial charge in [0.2, 0.25) is 0 Å². The van der Waals surface area contributed by atoms with Gasteiger partial charge in [-0.25, -0.2) is 4.98 Å². The third kappa shape index (κ3) is 3.09. The van der Waals surface area contributed by atoms with Crippen LogP contribution in [0.5, 0.6) is 0 Å². The number of aryl methyl sites for hydroxylation is 2. The Hall–Kier alpha value is -1.46. The van der Waals surface area contributed by atoms with Crippen LogP contribution in [0.2, 0.25) is 0 Å². The molecule has 0 aliphatic heterocycles. The highest BCUT2D eigenvalue weighted by Gasteiger charge is 2.23. The van der Waals surface area contributed by atoms with Gasteiger partial charge in [-0.1, -0.05) is 6.07 Å². The van der Waals surface area contributed by atoms with E-state index in [9.17, 15) is 0 Å². The number of aromatic nitrogens is 2. The first kappa shape index (κ1) is 14.5. The Morgan fingerprint density at radius 3 is 2.95 bits per heavy atom. The first-order valence-electron chi connectivity index (χ1n) is 7.60. The summed E-state index contributed by atoms with van der Waals surface area (Å²) in [6.07, 6.45) is 3.37. The fourth-order valence-corrected chi connectivity index (χ4v) is 4.01. The highest BCUT2D eigenvalue weighted by molar-refractivity contribution is 7.15. The second-order valence-electron chi connectivity index (χ2n) is 5.59. The van der Waals surface area contributed by atoms with Crippen LogP contribution < -0.4 is 10.6 Å². The minimum Gasteiger partial charge on any atom is -0.342 e. The number of nitrogens with zero attached hydrogens (tertiary/aromatic N) is 3. The number of anilines is 1. The Morgan fingerprint density at radius 2 is 2.24 bits per heavy atom. The van der Waals surface area contributed by atoms with Crippen molar-refractivity contribution in [2.75, 3.05) is 11.4 Å². The van der Waals surface area contributed by atoms with Crippen LogP contribution in [0.25, 0.3) is 0 Å². The third-order valence-electron chi connectivity index (χ3n) is 3.94. The predicted molar refractivity (Wildman–Crippen MR) is 87.7 cm³/mol. The van der Waals surface area contributed by atoms with Crippen molar-refractivity contribution in [2.24, 2.45) is 5.73 Å². The van der Waals surface area contributed by atoms with E-state index < -0.39 is 0 Å². The van der Waals surface area contributed by atoms with Crippen LogP contribution in [0.15, 0.2) is 18.2 Å². The maximum Gasteiger partial charge on any atom is 0.186 e. The molecular weight excluding hydrogens is 280 g/mol. The van der Waals surface area contributed by atoms with Gasteiger partial charge >= 0.3 is 0 Å². The molecular formula is C16H22N4S. The molecule has 0 bridgehead atoms. The fraction of sp³-hybridized carbons (Fsp3) is 0.500. The number of pyridine rings is 1. The van der Waals surface area contributed by atoms with Gasteiger partial charge in [0.1, 0.15) is 0 Å². The summed E-state index contributed by atoms with van der Waals surface area (Å²) in [5.41, 5.74) is 9.46. The van der Waals surface area contributed by atoms with Crippen molar-refractivity contribution in [2.45, 2.75) is 45.7 Å². The molecule has 1 aliphatic carbocycles. The van der Waals surface area contributed by atoms with Gasteiger partial charge in [0.25, 0.3) is 0 Å². The van der Waals surface area contributed by atoms with E-state index in [1.807, 2.05) is 13.0 Å². The average Bonchev–Trinajstić information content (AvgIpc) is 2.90. The van der Waals surface area contributed by atoms with E-state index >= 15 is 0 Å². The summed E-state index contributed by atoms with van der Waals surface area (Å²) in [6.45, 7) is 5.92. The molecule has 2 aromatic heterocycles. The highest BCUT2D eigenvalue weighted by Crippen LogP contribution is 2.35. The van der Waals surface area contributed by atoms with Crippen LogP contribution in [0, 0.1) is 6.92 Å². The number of fused-ring (bicyclic) bond motifs is 1. The molecule has 1 atom stereocenters. The molecule has 0 fully saturated rings. The zero-order valence-corrected chi connectivity index (χ0v) is 13.5. The van der Waals surface area contributed by atoms with Crippen molar-refractivity contribution in [1.29, 1.82) is 0 Å². The van der Waals surface area contributed by atoms with E-state index in [1.54, 1.807) is 11.3 Å². The Bertz CT molecular complexity index is 622. The van der Waals surface area contributed by atoms with Crippen molar-refractivity contribution in [1.82, 2.24) is 9.97 Å². The lowest BCUT2D eigenvalue weighted by molar-refractivity contribution is 0.563. The second-order valence-corrected chi connectivity index (χ2v) is 6.65. The lowest BCUT2D eigenvalue weighted by Gasteiger charge is -2.19. The first-order valence-corrected chi connectivity index (χ1v) is 8.41. The number of hydrogen-bond acceptors (Lipinski definition) is 5. The van der Waals surface area contributed by atoms with Crippen LogP contribution in [0.3, 0.4) is 0 Å². The van der Waals surface area contributed by atoms with E-state index in [-0.39, 0.29) is 6.04 Å². The van der Waals surface area contributed by atoms with Gasteiger partial charge in [0.05, 0.1) is 17.9 Å². The van der Waals surface area contributed by atoms with Crippen molar-refractivity contribution < 1.29 is 0 Å². The first-order chi connectivity index (χ1) is 10.2. The number of hydrogen-bond donors (Lipinski definition) is 1. The Balaban J connectivity index is 1.83. The average molecular weight is 302 g/mol. The second kappa shape index (κ2) is 6.12. The maximum absolute atomic E-state index is 6.19. The number of rotatable bonds is 4. The van der Waals surface area contributed by atoms with Gasteiger partial charge in [-0.3, -0.25) is 4.98 Å². The minimum atomic E-state index is 0.120. The largest absolute Gasteiger partial charge is 0.342 e. The molecule has 3 rings (SSSR count). The Kier molecular flexibility index (Phi) is 4.22. The number of thiazole rings is 1. The lowest BCUT2D eigenvalue weighted by Crippen LogP contribution is -2.23. The van der Waals surface area contributed by atoms with Gasteiger partial charge in [-0.15, -0.1) is 11.3 Å². The molecule has 1 unspecified atom stereocenters. The minimum absolute atomic E-state index is 0.120. The van der Waals surface area contributed by atoms with E-state index in [0.717, 1.165) is 48.1 Å². The molecule has 5 heteroatoms. The molecule has 0 radical (unpaired) electrons. The van der Waals surface area contributed by atoms with Gasteiger partial charge in [-0.2, -0.15) is 0 Å². The van der Waals surface area contributed by atoms with Crippen LogP contribution in [0.4, 0.5) is 5.13 Å². The van der Waals surface area contributed by atoms with E-state index in [1.165, 1.54) is 11.3 Å². The molecule has 2 heterocycles. The smallest absolute Gasteiger partial charge is 0.186 e. The molecule has 2 aromatic rings. The van der Waals surface area contributed by atoms with Crippen molar-refractivity contribution >= 4 is 16.5 Å². The van der Waals surface area contributed by atoms with Crippen molar-refractivity contribution in [3.8, 4) is 0 Å². The Morgan fingerprint density at radius 1 is 1.38 bits per heavy atom. The molecule has 4 nitrogen and oxygen atoms in total.